The monoisotopic (exact) mass is 267 g/mol. The predicted molar refractivity (Wildman–Crippen MR) is 77.6 cm³/mol. The summed E-state index contributed by atoms with van der Waals surface area (Å²) in [5, 5.41) is 1.17. The lowest BCUT2D eigenvalue weighted by atomic mass is 9.97. The van der Waals surface area contributed by atoms with E-state index < -0.39 is 0 Å². The molecule has 0 saturated heterocycles. The van der Waals surface area contributed by atoms with Gasteiger partial charge in [0.15, 0.2) is 6.29 Å². The van der Waals surface area contributed by atoms with Crippen molar-refractivity contribution in [2.24, 2.45) is 0 Å². The number of pyridine rings is 1. The average Bonchev–Trinajstić information content (AvgIpc) is 2.46. The minimum atomic E-state index is 0.243. The molecular formula is C16H10ClNO. The van der Waals surface area contributed by atoms with Crippen LogP contribution in [0.3, 0.4) is 0 Å². The molecule has 19 heavy (non-hydrogen) atoms. The fourth-order valence-electron chi connectivity index (χ4n) is 2.22. The second-order valence-corrected chi connectivity index (χ2v) is 4.55. The van der Waals surface area contributed by atoms with E-state index in [4.69, 9.17) is 11.6 Å². The van der Waals surface area contributed by atoms with Crippen LogP contribution < -0.4 is 0 Å². The van der Waals surface area contributed by atoms with Gasteiger partial charge in [-0.15, -0.1) is 0 Å². The number of hydrogen-bond acceptors (Lipinski definition) is 2. The molecular weight excluding hydrogens is 258 g/mol. The van der Waals surface area contributed by atoms with Gasteiger partial charge in [-0.25, -0.2) is 4.98 Å². The molecule has 3 heteroatoms. The number of fused-ring (bicyclic) bond motifs is 1. The molecule has 0 aliphatic carbocycles. The molecule has 0 N–H and O–H groups in total. The number of benzene rings is 2. The Balaban J connectivity index is 2.47. The van der Waals surface area contributed by atoms with Gasteiger partial charge in [0.25, 0.3) is 0 Å². The molecule has 0 amide bonds. The van der Waals surface area contributed by atoms with Crippen molar-refractivity contribution in [3.05, 3.63) is 65.3 Å². The molecule has 0 aliphatic heterocycles. The SMILES string of the molecule is O=Cc1c(Cl)nc2ccccc2c1-c1ccccc1. The minimum absolute atomic E-state index is 0.243. The zero-order valence-electron chi connectivity index (χ0n) is 10.0. The Morgan fingerprint density at radius 1 is 0.947 bits per heavy atom. The molecule has 2 nitrogen and oxygen atoms in total. The lowest BCUT2D eigenvalue weighted by Crippen LogP contribution is -1.94. The summed E-state index contributed by atoms with van der Waals surface area (Å²) >= 11 is 6.12. The molecule has 0 saturated carbocycles. The third-order valence-electron chi connectivity index (χ3n) is 3.06. The Morgan fingerprint density at radius 2 is 1.63 bits per heavy atom. The molecule has 3 rings (SSSR count). The fourth-order valence-corrected chi connectivity index (χ4v) is 2.45. The van der Waals surface area contributed by atoms with E-state index >= 15 is 0 Å². The maximum absolute atomic E-state index is 11.3. The van der Waals surface area contributed by atoms with Gasteiger partial charge in [0.05, 0.1) is 11.1 Å². The number of halogens is 1. The first-order valence-electron chi connectivity index (χ1n) is 5.90. The maximum atomic E-state index is 11.3. The van der Waals surface area contributed by atoms with Crippen LogP contribution in [0.4, 0.5) is 0 Å². The zero-order chi connectivity index (χ0) is 13.2. The summed E-state index contributed by atoms with van der Waals surface area (Å²) in [5.74, 6) is 0. The first-order valence-corrected chi connectivity index (χ1v) is 6.28. The van der Waals surface area contributed by atoms with Crippen LogP contribution in [0, 0.1) is 0 Å². The molecule has 1 aromatic heterocycles. The largest absolute Gasteiger partial charge is 0.298 e. The van der Waals surface area contributed by atoms with Gasteiger partial charge in [0.1, 0.15) is 5.15 Å². The van der Waals surface area contributed by atoms with Crippen molar-refractivity contribution in [2.75, 3.05) is 0 Å². The van der Waals surface area contributed by atoms with Crippen molar-refractivity contribution >= 4 is 28.8 Å². The summed E-state index contributed by atoms with van der Waals surface area (Å²) < 4.78 is 0. The van der Waals surface area contributed by atoms with Crippen molar-refractivity contribution < 1.29 is 4.79 Å². The molecule has 0 unspecified atom stereocenters. The number of nitrogens with zero attached hydrogens (tertiary/aromatic N) is 1. The highest BCUT2D eigenvalue weighted by Crippen LogP contribution is 2.33. The number of hydrogen-bond donors (Lipinski definition) is 0. The summed E-state index contributed by atoms with van der Waals surface area (Å²) in [6.45, 7) is 0. The van der Waals surface area contributed by atoms with Crippen LogP contribution in [0.5, 0.6) is 0 Å². The molecule has 0 radical (unpaired) electrons. The summed E-state index contributed by atoms with van der Waals surface area (Å²) in [6.07, 6.45) is 0.768. The smallest absolute Gasteiger partial charge is 0.153 e. The number of carbonyl (C=O) groups is 1. The molecule has 92 valence electrons. The van der Waals surface area contributed by atoms with E-state index in [1.165, 1.54) is 0 Å². The normalized spacial score (nSPS) is 10.6. The van der Waals surface area contributed by atoms with E-state index in [2.05, 4.69) is 4.98 Å². The van der Waals surface area contributed by atoms with Gasteiger partial charge in [0.2, 0.25) is 0 Å². The lowest BCUT2D eigenvalue weighted by molar-refractivity contribution is 0.112. The van der Waals surface area contributed by atoms with Crippen LogP contribution in [0.25, 0.3) is 22.0 Å². The van der Waals surface area contributed by atoms with Gasteiger partial charge in [-0.05, 0) is 11.6 Å². The Morgan fingerprint density at radius 3 is 2.37 bits per heavy atom. The van der Waals surface area contributed by atoms with E-state index in [1.807, 2.05) is 54.6 Å². The van der Waals surface area contributed by atoms with E-state index in [-0.39, 0.29) is 5.15 Å². The molecule has 3 aromatic rings. The van der Waals surface area contributed by atoms with E-state index in [9.17, 15) is 4.79 Å². The highest BCUT2D eigenvalue weighted by atomic mass is 35.5. The first-order chi connectivity index (χ1) is 9.31. The third kappa shape index (κ3) is 2.00. The molecule has 0 aliphatic rings. The molecule has 0 spiro atoms. The number of para-hydroxylation sites is 1. The first kappa shape index (κ1) is 11.9. The Bertz CT molecular complexity index is 753. The van der Waals surface area contributed by atoms with Crippen LogP contribution in [-0.4, -0.2) is 11.3 Å². The summed E-state index contributed by atoms with van der Waals surface area (Å²) in [4.78, 5) is 15.6. The number of aldehydes is 1. The van der Waals surface area contributed by atoms with Crippen molar-refractivity contribution in [3.8, 4) is 11.1 Å². The van der Waals surface area contributed by atoms with Crippen LogP contribution in [0.15, 0.2) is 54.6 Å². The van der Waals surface area contributed by atoms with Crippen molar-refractivity contribution in [3.63, 3.8) is 0 Å². The van der Waals surface area contributed by atoms with Crippen molar-refractivity contribution in [1.82, 2.24) is 4.98 Å². The summed E-state index contributed by atoms with van der Waals surface area (Å²) in [5.41, 5.74) is 3.03. The van der Waals surface area contributed by atoms with Crippen LogP contribution in [0.2, 0.25) is 5.15 Å². The predicted octanol–water partition coefficient (Wildman–Crippen LogP) is 4.37. The maximum Gasteiger partial charge on any atom is 0.153 e. The summed E-state index contributed by atoms with van der Waals surface area (Å²) in [6, 6.07) is 17.4. The Kier molecular flexibility index (Phi) is 3.02. The van der Waals surface area contributed by atoms with Crippen molar-refractivity contribution in [2.45, 2.75) is 0 Å². The van der Waals surface area contributed by atoms with E-state index in [1.54, 1.807) is 0 Å². The quantitative estimate of drug-likeness (QED) is 0.510. The van der Waals surface area contributed by atoms with Gasteiger partial charge in [-0.1, -0.05) is 60.1 Å². The Labute approximate surface area is 115 Å². The van der Waals surface area contributed by atoms with E-state index in [0.717, 1.165) is 28.3 Å². The van der Waals surface area contributed by atoms with Gasteiger partial charge in [-0.3, -0.25) is 4.79 Å². The van der Waals surface area contributed by atoms with Crippen LogP contribution in [-0.2, 0) is 0 Å². The van der Waals surface area contributed by atoms with Gasteiger partial charge < -0.3 is 0 Å². The zero-order valence-corrected chi connectivity index (χ0v) is 10.8. The third-order valence-corrected chi connectivity index (χ3v) is 3.35. The fraction of sp³-hybridized carbons (Fsp3) is 0. The van der Waals surface area contributed by atoms with Crippen LogP contribution >= 0.6 is 11.6 Å². The number of rotatable bonds is 2. The standard InChI is InChI=1S/C16H10ClNO/c17-16-13(10-19)15(11-6-2-1-3-7-11)12-8-4-5-9-14(12)18-16/h1-10H. The second-order valence-electron chi connectivity index (χ2n) is 4.19. The topological polar surface area (TPSA) is 30.0 Å². The van der Waals surface area contributed by atoms with Gasteiger partial charge in [0, 0.05) is 10.9 Å². The molecule has 0 atom stereocenters. The van der Waals surface area contributed by atoms with Crippen LogP contribution in [0.1, 0.15) is 10.4 Å². The lowest BCUT2D eigenvalue weighted by Gasteiger charge is -2.10. The highest BCUT2D eigenvalue weighted by molar-refractivity contribution is 6.33. The van der Waals surface area contributed by atoms with Gasteiger partial charge in [-0.2, -0.15) is 0 Å². The Hall–Kier alpha value is -2.19. The molecule has 2 aromatic carbocycles. The number of aromatic nitrogens is 1. The molecule has 1 heterocycles. The highest BCUT2D eigenvalue weighted by Gasteiger charge is 2.14. The minimum Gasteiger partial charge on any atom is -0.298 e. The average molecular weight is 268 g/mol. The van der Waals surface area contributed by atoms with E-state index in [0.29, 0.717) is 5.56 Å². The summed E-state index contributed by atoms with van der Waals surface area (Å²) in [7, 11) is 0. The second kappa shape index (κ2) is 4.82. The van der Waals surface area contributed by atoms with Crippen molar-refractivity contribution in [1.29, 1.82) is 0 Å². The molecule has 0 bridgehead atoms. The van der Waals surface area contributed by atoms with Gasteiger partial charge >= 0.3 is 0 Å². The molecule has 0 fully saturated rings. The number of carbonyl (C=O) groups excluding carboxylic acids is 1.